The normalized spacial score (nSPS) is 18.4. The zero-order chi connectivity index (χ0) is 19.6. The Kier molecular flexibility index (Phi) is 5.00. The summed E-state index contributed by atoms with van der Waals surface area (Å²) in [6, 6.07) is 16.4. The van der Waals surface area contributed by atoms with Gasteiger partial charge in [-0.3, -0.25) is 4.79 Å². The van der Waals surface area contributed by atoms with Crippen LogP contribution in [-0.2, 0) is 22.5 Å². The van der Waals surface area contributed by atoms with Crippen LogP contribution in [-0.4, -0.2) is 28.4 Å². The Hall–Kier alpha value is -3.13. The summed E-state index contributed by atoms with van der Waals surface area (Å²) in [5.74, 6) is -0.681. The van der Waals surface area contributed by atoms with Gasteiger partial charge >= 0.3 is 5.97 Å². The molecule has 0 aliphatic carbocycles. The highest BCUT2D eigenvalue weighted by Gasteiger charge is 2.45. The molecule has 0 N–H and O–H groups in total. The van der Waals surface area contributed by atoms with Crippen molar-refractivity contribution in [3.63, 3.8) is 0 Å². The van der Waals surface area contributed by atoms with Gasteiger partial charge < -0.3 is 9.64 Å². The average molecular weight is 362 g/mol. The fourth-order valence-electron chi connectivity index (χ4n) is 3.33. The first-order chi connectivity index (χ1) is 12.8. The van der Waals surface area contributed by atoms with Crippen LogP contribution in [0.1, 0.15) is 47.8 Å². The molecule has 2 aromatic rings. The molecule has 0 bridgehead atoms. The molecule has 2 aromatic carbocycles. The monoisotopic (exact) mass is 362 g/mol. The lowest BCUT2D eigenvalue weighted by Crippen LogP contribution is -2.54. The Bertz CT molecular complexity index is 912. The fourth-order valence-corrected chi connectivity index (χ4v) is 3.33. The zero-order valence-corrected chi connectivity index (χ0v) is 15.7. The van der Waals surface area contributed by atoms with Gasteiger partial charge in [-0.25, -0.2) is 4.79 Å². The summed E-state index contributed by atoms with van der Waals surface area (Å²) in [4.78, 5) is 27.5. The topological polar surface area (TPSA) is 70.4 Å². The van der Waals surface area contributed by atoms with Crippen LogP contribution in [0.4, 0.5) is 0 Å². The molecule has 0 aromatic heterocycles. The maximum Gasteiger partial charge on any atom is 0.339 e. The lowest BCUT2D eigenvalue weighted by atomic mass is 9.88. The van der Waals surface area contributed by atoms with E-state index in [0.29, 0.717) is 24.1 Å². The maximum atomic E-state index is 13.3. The fraction of sp³-hybridized carbons (Fsp3) is 0.318. The summed E-state index contributed by atoms with van der Waals surface area (Å²) in [6.45, 7) is 5.93. The first kappa shape index (κ1) is 18.7. The third-order valence-electron chi connectivity index (χ3n) is 4.86. The van der Waals surface area contributed by atoms with Gasteiger partial charge in [-0.05, 0) is 50.1 Å². The largest absolute Gasteiger partial charge is 0.445 e. The van der Waals surface area contributed by atoms with Gasteiger partial charge in [0.2, 0.25) is 0 Å². The Balaban J connectivity index is 1.86. The van der Waals surface area contributed by atoms with Gasteiger partial charge in [-0.15, -0.1) is 0 Å². The molecule has 5 nitrogen and oxygen atoms in total. The zero-order valence-electron chi connectivity index (χ0n) is 15.7. The molecule has 1 amide bonds. The lowest BCUT2D eigenvalue weighted by Gasteiger charge is -2.38. The Morgan fingerprint density at radius 1 is 1.22 bits per heavy atom. The second-order valence-electron chi connectivity index (χ2n) is 7.29. The summed E-state index contributed by atoms with van der Waals surface area (Å²) in [5, 5.41) is 8.93. The predicted octanol–water partition coefficient (Wildman–Crippen LogP) is 3.47. The second-order valence-corrected chi connectivity index (χ2v) is 7.29. The highest BCUT2D eigenvalue weighted by Crippen LogP contribution is 2.30. The van der Waals surface area contributed by atoms with Crippen LogP contribution in [0.2, 0.25) is 0 Å². The van der Waals surface area contributed by atoms with E-state index >= 15 is 0 Å². The third kappa shape index (κ3) is 3.70. The average Bonchev–Trinajstić information content (AvgIpc) is 2.65. The number of hydrogen-bond acceptors (Lipinski definition) is 4. The molecule has 0 fully saturated rings. The minimum Gasteiger partial charge on any atom is -0.445 e. The summed E-state index contributed by atoms with van der Waals surface area (Å²) in [5.41, 5.74) is 1.60. The number of hydrogen-bond donors (Lipinski definition) is 0. The lowest BCUT2D eigenvalue weighted by molar-refractivity contribution is -0.153. The van der Waals surface area contributed by atoms with Crippen LogP contribution in [0, 0.1) is 11.3 Å². The Labute approximate surface area is 159 Å². The number of cyclic esters (lactones) is 1. The SMILES string of the molecule is CC(C)N(Cc1ccc(C#N)cc1)C(=O)C1(C)Cc2ccccc2C(=O)O1. The van der Waals surface area contributed by atoms with Crippen molar-refractivity contribution in [2.45, 2.75) is 45.4 Å². The number of ether oxygens (including phenoxy) is 1. The quantitative estimate of drug-likeness (QED) is 0.781. The van der Waals surface area contributed by atoms with E-state index in [4.69, 9.17) is 10.00 Å². The van der Waals surface area contributed by atoms with E-state index in [1.54, 1.807) is 36.1 Å². The summed E-state index contributed by atoms with van der Waals surface area (Å²) in [7, 11) is 0. The first-order valence-corrected chi connectivity index (χ1v) is 8.95. The molecular weight excluding hydrogens is 340 g/mol. The molecular formula is C22H22N2O3. The molecule has 5 heteroatoms. The van der Waals surface area contributed by atoms with Crippen LogP contribution >= 0.6 is 0 Å². The Morgan fingerprint density at radius 2 is 1.89 bits per heavy atom. The number of fused-ring (bicyclic) bond motifs is 1. The molecule has 27 heavy (non-hydrogen) atoms. The molecule has 0 saturated carbocycles. The van der Waals surface area contributed by atoms with E-state index in [0.717, 1.165) is 11.1 Å². The minimum atomic E-state index is -1.23. The highest BCUT2D eigenvalue weighted by atomic mass is 16.6. The summed E-state index contributed by atoms with van der Waals surface area (Å²) in [6.07, 6.45) is 0.352. The van der Waals surface area contributed by atoms with Gasteiger partial charge in [0, 0.05) is 19.0 Å². The van der Waals surface area contributed by atoms with E-state index in [1.165, 1.54) is 0 Å². The van der Waals surface area contributed by atoms with Gasteiger partial charge in [0.25, 0.3) is 5.91 Å². The molecule has 0 saturated heterocycles. The standard InChI is InChI=1S/C22H22N2O3/c1-15(2)24(14-17-10-8-16(13-23)9-11-17)21(26)22(3)12-18-6-4-5-7-19(18)20(25)27-22/h4-11,15H,12,14H2,1-3H3. The van der Waals surface area contributed by atoms with Crippen molar-refractivity contribution in [1.29, 1.82) is 5.26 Å². The van der Waals surface area contributed by atoms with Gasteiger partial charge in [0.1, 0.15) is 0 Å². The van der Waals surface area contributed by atoms with E-state index in [-0.39, 0.29) is 11.9 Å². The summed E-state index contributed by atoms with van der Waals surface area (Å²) >= 11 is 0. The smallest absolute Gasteiger partial charge is 0.339 e. The number of rotatable bonds is 4. The number of carbonyl (C=O) groups excluding carboxylic acids is 2. The molecule has 1 heterocycles. The van der Waals surface area contributed by atoms with Crippen LogP contribution in [0.5, 0.6) is 0 Å². The third-order valence-corrected chi connectivity index (χ3v) is 4.86. The van der Waals surface area contributed by atoms with E-state index in [2.05, 4.69) is 6.07 Å². The molecule has 1 unspecified atom stereocenters. The number of esters is 1. The molecule has 138 valence electrons. The van der Waals surface area contributed by atoms with E-state index in [9.17, 15) is 9.59 Å². The van der Waals surface area contributed by atoms with Crippen molar-refractivity contribution < 1.29 is 14.3 Å². The van der Waals surface area contributed by atoms with E-state index in [1.807, 2.05) is 38.1 Å². The van der Waals surface area contributed by atoms with Crippen molar-refractivity contribution >= 4 is 11.9 Å². The minimum absolute atomic E-state index is 0.0687. The molecule has 1 atom stereocenters. The van der Waals surface area contributed by atoms with Crippen molar-refractivity contribution in [3.05, 3.63) is 70.8 Å². The van der Waals surface area contributed by atoms with Crippen molar-refractivity contribution in [1.82, 2.24) is 4.90 Å². The number of nitriles is 1. The van der Waals surface area contributed by atoms with Crippen LogP contribution in [0.25, 0.3) is 0 Å². The number of nitrogens with zero attached hydrogens (tertiary/aromatic N) is 2. The summed E-state index contributed by atoms with van der Waals surface area (Å²) < 4.78 is 5.59. The number of amides is 1. The molecule has 1 aliphatic heterocycles. The van der Waals surface area contributed by atoms with Crippen LogP contribution < -0.4 is 0 Å². The van der Waals surface area contributed by atoms with Crippen LogP contribution in [0.15, 0.2) is 48.5 Å². The predicted molar refractivity (Wildman–Crippen MR) is 101 cm³/mol. The molecule has 0 spiro atoms. The van der Waals surface area contributed by atoms with E-state index < -0.39 is 11.6 Å². The molecule has 3 rings (SSSR count). The molecule has 0 radical (unpaired) electrons. The first-order valence-electron chi connectivity index (χ1n) is 8.95. The highest BCUT2D eigenvalue weighted by molar-refractivity contribution is 5.97. The number of carbonyl (C=O) groups is 2. The second kappa shape index (κ2) is 7.24. The van der Waals surface area contributed by atoms with Crippen molar-refractivity contribution in [2.24, 2.45) is 0 Å². The van der Waals surface area contributed by atoms with Gasteiger partial charge in [0.05, 0.1) is 17.2 Å². The maximum absolute atomic E-state index is 13.3. The Morgan fingerprint density at radius 3 is 2.52 bits per heavy atom. The van der Waals surface area contributed by atoms with Gasteiger partial charge in [0.15, 0.2) is 5.60 Å². The van der Waals surface area contributed by atoms with Gasteiger partial charge in [-0.1, -0.05) is 30.3 Å². The molecule has 1 aliphatic rings. The van der Waals surface area contributed by atoms with Gasteiger partial charge in [-0.2, -0.15) is 5.26 Å². The van der Waals surface area contributed by atoms with Crippen LogP contribution in [0.3, 0.4) is 0 Å². The van der Waals surface area contributed by atoms with Crippen molar-refractivity contribution in [2.75, 3.05) is 0 Å². The number of benzene rings is 2. The van der Waals surface area contributed by atoms with Crippen molar-refractivity contribution in [3.8, 4) is 6.07 Å².